The highest BCUT2D eigenvalue weighted by atomic mass is 19.4. The zero-order chi connectivity index (χ0) is 29.9. The Labute approximate surface area is 241 Å². The number of carbonyl (C=O) groups is 1. The second-order valence-corrected chi connectivity index (χ2v) is 10.1. The van der Waals surface area contributed by atoms with Gasteiger partial charge in [-0.05, 0) is 105 Å². The molecule has 9 heteroatoms. The second-order valence-electron chi connectivity index (χ2n) is 10.1. The summed E-state index contributed by atoms with van der Waals surface area (Å²) in [6, 6.07) is 19.2. The van der Waals surface area contributed by atoms with E-state index in [1.807, 2.05) is 66.9 Å². The highest BCUT2D eigenvalue weighted by Gasteiger charge is 2.31. The summed E-state index contributed by atoms with van der Waals surface area (Å²) in [5, 5.41) is 0.786. The Bertz CT molecular complexity index is 1680. The molecule has 0 fully saturated rings. The van der Waals surface area contributed by atoms with Crippen molar-refractivity contribution in [1.29, 1.82) is 0 Å². The first-order valence-electron chi connectivity index (χ1n) is 13.7. The van der Waals surface area contributed by atoms with E-state index in [4.69, 9.17) is 9.47 Å². The summed E-state index contributed by atoms with van der Waals surface area (Å²) < 4.78 is 52.7. The van der Waals surface area contributed by atoms with Crippen LogP contribution in [0.4, 0.5) is 13.2 Å². The summed E-state index contributed by atoms with van der Waals surface area (Å²) in [6.07, 6.45) is 0.963. The van der Waals surface area contributed by atoms with Crippen molar-refractivity contribution in [2.75, 3.05) is 6.61 Å². The van der Waals surface area contributed by atoms with Crippen LogP contribution < -0.4 is 4.74 Å². The first-order chi connectivity index (χ1) is 20.2. The Kier molecular flexibility index (Phi) is 8.29. The molecule has 5 aromatic rings. The van der Waals surface area contributed by atoms with Gasteiger partial charge in [-0.1, -0.05) is 6.07 Å². The van der Waals surface area contributed by atoms with Crippen molar-refractivity contribution in [3.8, 4) is 22.7 Å². The number of hydrogen-bond acceptors (Lipinski definition) is 5. The van der Waals surface area contributed by atoms with Gasteiger partial charge in [0.05, 0.1) is 29.5 Å². The monoisotopic (exact) mass is 573 g/mol. The lowest BCUT2D eigenvalue weighted by Gasteiger charge is -2.14. The van der Waals surface area contributed by atoms with Crippen LogP contribution in [0.25, 0.3) is 27.8 Å². The minimum Gasteiger partial charge on any atom is -0.491 e. The molecule has 0 aliphatic carbocycles. The Balaban J connectivity index is 1.69. The van der Waals surface area contributed by atoms with Crippen LogP contribution in [0.2, 0.25) is 0 Å². The molecule has 2 aromatic carbocycles. The lowest BCUT2D eigenvalue weighted by atomic mass is 10.00. The zero-order valence-corrected chi connectivity index (χ0v) is 23.5. The largest absolute Gasteiger partial charge is 0.491 e. The van der Waals surface area contributed by atoms with Gasteiger partial charge in [-0.25, -0.2) is 4.79 Å². The summed E-state index contributed by atoms with van der Waals surface area (Å²) in [5.74, 6) is 0.242. The van der Waals surface area contributed by atoms with E-state index in [-0.39, 0.29) is 12.7 Å². The number of carbonyl (C=O) groups excluding carboxylic acids is 1. The number of nitrogens with zero attached hydrogens (tertiary/aromatic N) is 3. The highest BCUT2D eigenvalue weighted by Crippen LogP contribution is 2.36. The van der Waals surface area contributed by atoms with Gasteiger partial charge in [0.25, 0.3) is 0 Å². The number of aryl methyl sites for hydroxylation is 2. The smallest absolute Gasteiger partial charge is 0.417 e. The summed E-state index contributed by atoms with van der Waals surface area (Å²) in [5.41, 5.74) is 3.95. The molecule has 0 aliphatic heterocycles. The fourth-order valence-corrected chi connectivity index (χ4v) is 4.95. The minimum atomic E-state index is -4.48. The normalized spacial score (nSPS) is 11.7. The number of fused-ring (bicyclic) bond motifs is 1. The third-order valence-electron chi connectivity index (χ3n) is 6.81. The zero-order valence-electron chi connectivity index (χ0n) is 23.5. The van der Waals surface area contributed by atoms with Crippen LogP contribution in [0.5, 0.6) is 5.75 Å². The molecular formula is C33H30F3N3O3. The van der Waals surface area contributed by atoms with E-state index in [1.54, 1.807) is 25.4 Å². The third-order valence-corrected chi connectivity index (χ3v) is 6.81. The van der Waals surface area contributed by atoms with E-state index in [9.17, 15) is 18.0 Å². The fraction of sp³-hybridized carbons (Fsp3) is 0.242. The van der Waals surface area contributed by atoms with Gasteiger partial charge in [0.1, 0.15) is 11.4 Å². The van der Waals surface area contributed by atoms with Crippen LogP contribution in [0.15, 0.2) is 85.3 Å². The number of ether oxygens (including phenoxy) is 2. The Hall–Kier alpha value is -4.66. The molecule has 5 rings (SSSR count). The van der Waals surface area contributed by atoms with Gasteiger partial charge in [-0.2, -0.15) is 13.2 Å². The number of aromatic nitrogens is 3. The van der Waals surface area contributed by atoms with Crippen molar-refractivity contribution >= 4 is 16.9 Å². The van der Waals surface area contributed by atoms with Gasteiger partial charge < -0.3 is 14.0 Å². The van der Waals surface area contributed by atoms with Crippen molar-refractivity contribution < 1.29 is 27.4 Å². The predicted octanol–water partition coefficient (Wildman–Crippen LogP) is 7.86. The molecule has 216 valence electrons. The third kappa shape index (κ3) is 6.15. The predicted molar refractivity (Wildman–Crippen MR) is 155 cm³/mol. The van der Waals surface area contributed by atoms with Crippen molar-refractivity contribution in [2.24, 2.45) is 0 Å². The maximum Gasteiger partial charge on any atom is 0.417 e. The molecule has 42 heavy (non-hydrogen) atoms. The van der Waals surface area contributed by atoms with Crippen LogP contribution in [0.1, 0.15) is 48.0 Å². The van der Waals surface area contributed by atoms with E-state index in [0.717, 1.165) is 40.0 Å². The van der Waals surface area contributed by atoms with Crippen LogP contribution >= 0.6 is 0 Å². The fourth-order valence-electron chi connectivity index (χ4n) is 4.95. The van der Waals surface area contributed by atoms with Gasteiger partial charge in [-0.15, -0.1) is 0 Å². The van der Waals surface area contributed by atoms with E-state index < -0.39 is 17.7 Å². The second kappa shape index (κ2) is 12.1. The van der Waals surface area contributed by atoms with Crippen molar-refractivity contribution in [3.63, 3.8) is 0 Å². The molecule has 0 amide bonds. The molecular weight excluding hydrogens is 543 g/mol. The molecule has 0 unspecified atom stereocenters. The number of rotatable bonds is 9. The number of hydrogen-bond donors (Lipinski definition) is 0. The number of benzene rings is 2. The van der Waals surface area contributed by atoms with Crippen LogP contribution in [-0.2, 0) is 23.8 Å². The number of pyridine rings is 2. The van der Waals surface area contributed by atoms with Crippen molar-refractivity contribution in [2.45, 2.75) is 45.9 Å². The maximum atomic E-state index is 13.5. The SMILES string of the molecule is CCOC(=O)c1c(CCc2ccncc2)c2cc(-c3ccc(C(F)(F)F)cn3)ccc2n1-c1ccc(OC(C)C)cc1. The highest BCUT2D eigenvalue weighted by molar-refractivity contribution is 6.01. The van der Waals surface area contributed by atoms with E-state index in [2.05, 4.69) is 9.97 Å². The average molecular weight is 574 g/mol. The van der Waals surface area contributed by atoms with Gasteiger partial charge in [0, 0.05) is 35.2 Å². The Morgan fingerprint density at radius 2 is 1.69 bits per heavy atom. The first-order valence-corrected chi connectivity index (χ1v) is 13.7. The van der Waals surface area contributed by atoms with Crippen LogP contribution in [0.3, 0.4) is 0 Å². The number of alkyl halides is 3. The summed E-state index contributed by atoms with van der Waals surface area (Å²) >= 11 is 0. The van der Waals surface area contributed by atoms with E-state index in [0.29, 0.717) is 35.5 Å². The minimum absolute atomic E-state index is 0.00960. The summed E-state index contributed by atoms with van der Waals surface area (Å²) in [7, 11) is 0. The number of halogens is 3. The molecule has 0 spiro atoms. The molecule has 6 nitrogen and oxygen atoms in total. The summed E-state index contributed by atoms with van der Waals surface area (Å²) in [4.78, 5) is 21.7. The standard InChI is InChI=1S/C33H30F3N3O3/c1-4-41-32(40)31-27(12-5-22-15-17-37-18-16-22)28-19-23(29-13-7-24(20-38-29)33(34,35)36)6-14-30(28)39(31)25-8-10-26(11-9-25)42-21(2)3/h6-11,13-21H,4-5,12H2,1-3H3. The molecule has 0 saturated carbocycles. The van der Waals surface area contributed by atoms with Gasteiger partial charge in [0.2, 0.25) is 0 Å². The molecule has 0 aliphatic rings. The van der Waals surface area contributed by atoms with Crippen molar-refractivity contribution in [1.82, 2.24) is 14.5 Å². The maximum absolute atomic E-state index is 13.5. The van der Waals surface area contributed by atoms with Gasteiger partial charge in [-0.3, -0.25) is 9.97 Å². The number of esters is 1. The molecule has 0 atom stereocenters. The quantitative estimate of drug-likeness (QED) is 0.168. The van der Waals surface area contributed by atoms with Crippen LogP contribution in [0, 0.1) is 0 Å². The molecule has 3 aromatic heterocycles. The average Bonchev–Trinajstić information content (AvgIpc) is 3.30. The Morgan fingerprint density at radius 3 is 2.31 bits per heavy atom. The molecule has 0 radical (unpaired) electrons. The van der Waals surface area contributed by atoms with Crippen LogP contribution in [-0.4, -0.2) is 33.2 Å². The van der Waals surface area contributed by atoms with Crippen molar-refractivity contribution in [3.05, 3.63) is 108 Å². The Morgan fingerprint density at radius 1 is 0.952 bits per heavy atom. The van der Waals surface area contributed by atoms with E-state index >= 15 is 0 Å². The van der Waals surface area contributed by atoms with Gasteiger partial charge >= 0.3 is 12.1 Å². The lowest BCUT2D eigenvalue weighted by molar-refractivity contribution is -0.137. The molecule has 3 heterocycles. The molecule has 0 bridgehead atoms. The topological polar surface area (TPSA) is 66.2 Å². The lowest BCUT2D eigenvalue weighted by Crippen LogP contribution is -2.14. The molecule has 0 saturated heterocycles. The summed E-state index contributed by atoms with van der Waals surface area (Å²) in [6.45, 7) is 5.86. The first kappa shape index (κ1) is 28.9. The van der Waals surface area contributed by atoms with E-state index in [1.165, 1.54) is 6.07 Å². The van der Waals surface area contributed by atoms with Gasteiger partial charge in [0.15, 0.2) is 0 Å². The molecule has 0 N–H and O–H groups in total.